The van der Waals surface area contributed by atoms with E-state index in [1.807, 2.05) is 6.07 Å². The minimum atomic E-state index is -0.227. The first-order chi connectivity index (χ1) is 6.63. The van der Waals surface area contributed by atoms with Gasteiger partial charge in [-0.05, 0) is 17.5 Å². The van der Waals surface area contributed by atoms with E-state index >= 15 is 0 Å². The second kappa shape index (κ2) is 4.72. The number of nitrogens with two attached hydrogens (primary N) is 1. The van der Waals surface area contributed by atoms with Crippen molar-refractivity contribution in [2.45, 2.75) is 19.8 Å². The van der Waals surface area contributed by atoms with Crippen LogP contribution in [0.5, 0.6) is 0 Å². The Morgan fingerprint density at radius 3 is 2.71 bits per heavy atom. The van der Waals surface area contributed by atoms with Crippen molar-refractivity contribution >= 4 is 11.7 Å². The van der Waals surface area contributed by atoms with Crippen molar-refractivity contribution in [2.24, 2.45) is 5.73 Å². The lowest BCUT2D eigenvalue weighted by Gasteiger charge is -2.06. The number of carbonyl (C=O) groups is 1. The maximum absolute atomic E-state index is 10.9. The first-order valence-corrected chi connectivity index (χ1v) is 4.59. The van der Waals surface area contributed by atoms with Crippen molar-refractivity contribution in [1.82, 2.24) is 4.98 Å². The van der Waals surface area contributed by atoms with Crippen LogP contribution >= 0.6 is 0 Å². The van der Waals surface area contributed by atoms with Crippen LogP contribution in [0.1, 0.15) is 25.3 Å². The number of anilines is 1. The molecule has 0 aliphatic rings. The van der Waals surface area contributed by atoms with Gasteiger partial charge in [0.2, 0.25) is 5.91 Å². The molecule has 14 heavy (non-hydrogen) atoms. The van der Waals surface area contributed by atoms with Crippen LogP contribution in [0.2, 0.25) is 0 Å². The number of hydrogen-bond donors (Lipinski definition) is 2. The Labute approximate surface area is 83.5 Å². The highest BCUT2D eigenvalue weighted by Gasteiger charge is 2.02. The number of nitrogens with zero attached hydrogens (tertiary/aromatic N) is 1. The van der Waals surface area contributed by atoms with E-state index in [0.29, 0.717) is 11.7 Å². The molecule has 0 spiro atoms. The number of rotatable bonds is 3. The number of hydrogen-bond acceptors (Lipinski definition) is 3. The maximum atomic E-state index is 10.9. The van der Waals surface area contributed by atoms with Crippen molar-refractivity contribution in [3.8, 4) is 0 Å². The van der Waals surface area contributed by atoms with Gasteiger partial charge in [0.25, 0.3) is 0 Å². The van der Waals surface area contributed by atoms with Gasteiger partial charge < -0.3 is 11.1 Å². The van der Waals surface area contributed by atoms with Crippen molar-refractivity contribution in [1.29, 1.82) is 0 Å². The molecule has 1 rings (SSSR count). The highest BCUT2D eigenvalue weighted by atomic mass is 16.1. The summed E-state index contributed by atoms with van der Waals surface area (Å²) in [6.45, 7) is 4.16. The summed E-state index contributed by atoms with van der Waals surface area (Å²) in [7, 11) is 0. The van der Waals surface area contributed by atoms with Gasteiger partial charge in [-0.3, -0.25) is 4.79 Å². The van der Waals surface area contributed by atoms with Crippen LogP contribution in [-0.2, 0) is 4.79 Å². The Hall–Kier alpha value is -1.42. The van der Waals surface area contributed by atoms with Gasteiger partial charge in [-0.2, -0.15) is 0 Å². The van der Waals surface area contributed by atoms with Crippen LogP contribution in [0, 0.1) is 0 Å². The molecule has 4 nitrogen and oxygen atoms in total. The van der Waals surface area contributed by atoms with E-state index < -0.39 is 0 Å². The number of carbonyl (C=O) groups excluding carboxylic acids is 1. The van der Waals surface area contributed by atoms with Gasteiger partial charge in [0.15, 0.2) is 0 Å². The lowest BCUT2D eigenvalue weighted by atomic mass is 10.1. The van der Waals surface area contributed by atoms with Crippen LogP contribution in [0.25, 0.3) is 0 Å². The smallest absolute Gasteiger partial charge is 0.239 e. The van der Waals surface area contributed by atoms with Gasteiger partial charge in [0.05, 0.1) is 6.54 Å². The zero-order valence-corrected chi connectivity index (χ0v) is 8.45. The molecule has 0 fully saturated rings. The summed E-state index contributed by atoms with van der Waals surface area (Å²) in [5, 5.41) is 2.58. The largest absolute Gasteiger partial charge is 0.322 e. The molecule has 0 aromatic carbocycles. The molecule has 4 heteroatoms. The van der Waals surface area contributed by atoms with Gasteiger partial charge in [-0.15, -0.1) is 0 Å². The van der Waals surface area contributed by atoms with Gasteiger partial charge in [-0.25, -0.2) is 4.98 Å². The lowest BCUT2D eigenvalue weighted by molar-refractivity contribution is -0.114. The van der Waals surface area contributed by atoms with Crippen LogP contribution in [0.4, 0.5) is 5.82 Å². The second-order valence-corrected chi connectivity index (χ2v) is 3.38. The van der Waals surface area contributed by atoms with Crippen LogP contribution in [0.3, 0.4) is 0 Å². The Kier molecular flexibility index (Phi) is 3.59. The molecule has 1 aromatic heterocycles. The maximum Gasteiger partial charge on any atom is 0.239 e. The fourth-order valence-electron chi connectivity index (χ4n) is 1.01. The van der Waals surface area contributed by atoms with Gasteiger partial charge in [-0.1, -0.05) is 19.9 Å². The molecule has 0 unspecified atom stereocenters. The summed E-state index contributed by atoms with van der Waals surface area (Å²) in [6, 6.07) is 3.73. The molecule has 0 aliphatic carbocycles. The van der Waals surface area contributed by atoms with Gasteiger partial charge in [0.1, 0.15) is 5.82 Å². The molecule has 3 N–H and O–H groups in total. The molecule has 0 bridgehead atoms. The summed E-state index contributed by atoms with van der Waals surface area (Å²) in [4.78, 5) is 15.0. The van der Waals surface area contributed by atoms with Crippen molar-refractivity contribution in [2.75, 3.05) is 11.9 Å². The third-order valence-electron chi connectivity index (χ3n) is 1.91. The normalized spacial score (nSPS) is 10.3. The van der Waals surface area contributed by atoms with Crippen LogP contribution in [-0.4, -0.2) is 17.4 Å². The molecular weight excluding hydrogens is 178 g/mol. The average molecular weight is 193 g/mol. The quantitative estimate of drug-likeness (QED) is 0.755. The minimum absolute atomic E-state index is 0.0202. The van der Waals surface area contributed by atoms with Crippen molar-refractivity contribution in [3.05, 3.63) is 23.9 Å². The molecule has 0 saturated heterocycles. The number of pyridine rings is 1. The fourth-order valence-corrected chi connectivity index (χ4v) is 1.01. The number of nitrogens with one attached hydrogen (secondary N) is 1. The Bertz CT molecular complexity index is 306. The summed E-state index contributed by atoms with van der Waals surface area (Å²) in [5.41, 5.74) is 6.31. The molecule has 0 aliphatic heterocycles. The first kappa shape index (κ1) is 10.7. The van der Waals surface area contributed by atoms with Crippen molar-refractivity contribution < 1.29 is 4.79 Å². The highest BCUT2D eigenvalue weighted by molar-refractivity contribution is 5.91. The molecule has 0 saturated carbocycles. The standard InChI is InChI=1S/C10H15N3O/c1-7(2)8-3-4-9(12-6-8)13-10(14)5-11/h3-4,6-7H,5,11H2,1-2H3,(H,12,13,14). The van der Waals surface area contributed by atoms with Crippen LogP contribution < -0.4 is 11.1 Å². The fraction of sp³-hybridized carbons (Fsp3) is 0.400. The van der Waals surface area contributed by atoms with E-state index in [0.717, 1.165) is 5.56 Å². The molecule has 0 radical (unpaired) electrons. The van der Waals surface area contributed by atoms with E-state index in [-0.39, 0.29) is 12.5 Å². The molecule has 76 valence electrons. The van der Waals surface area contributed by atoms with Gasteiger partial charge >= 0.3 is 0 Å². The topological polar surface area (TPSA) is 68.0 Å². The zero-order valence-electron chi connectivity index (χ0n) is 8.45. The highest BCUT2D eigenvalue weighted by Crippen LogP contribution is 2.14. The Balaban J connectivity index is 2.69. The summed E-state index contributed by atoms with van der Waals surface area (Å²) in [6.07, 6.45) is 1.76. The average Bonchev–Trinajstić information content (AvgIpc) is 2.18. The van der Waals surface area contributed by atoms with Crippen molar-refractivity contribution in [3.63, 3.8) is 0 Å². The third kappa shape index (κ3) is 2.81. The SMILES string of the molecule is CC(C)c1ccc(NC(=O)CN)nc1. The second-order valence-electron chi connectivity index (χ2n) is 3.38. The van der Waals surface area contributed by atoms with E-state index in [1.54, 1.807) is 12.3 Å². The molecular formula is C10H15N3O. The monoisotopic (exact) mass is 193 g/mol. The third-order valence-corrected chi connectivity index (χ3v) is 1.91. The number of amides is 1. The summed E-state index contributed by atoms with van der Waals surface area (Å²) >= 11 is 0. The predicted molar refractivity (Wildman–Crippen MR) is 56.0 cm³/mol. The van der Waals surface area contributed by atoms with E-state index in [9.17, 15) is 4.79 Å². The Morgan fingerprint density at radius 2 is 2.29 bits per heavy atom. The number of aromatic nitrogens is 1. The summed E-state index contributed by atoms with van der Waals surface area (Å²) < 4.78 is 0. The molecule has 1 heterocycles. The summed E-state index contributed by atoms with van der Waals surface area (Å²) in [5.74, 6) is 0.765. The minimum Gasteiger partial charge on any atom is -0.322 e. The predicted octanol–water partition coefficient (Wildman–Crippen LogP) is 1.10. The molecule has 1 amide bonds. The Morgan fingerprint density at radius 1 is 1.57 bits per heavy atom. The van der Waals surface area contributed by atoms with E-state index in [2.05, 4.69) is 24.1 Å². The first-order valence-electron chi connectivity index (χ1n) is 4.59. The van der Waals surface area contributed by atoms with Crippen LogP contribution in [0.15, 0.2) is 18.3 Å². The zero-order chi connectivity index (χ0) is 10.6. The van der Waals surface area contributed by atoms with Gasteiger partial charge in [0, 0.05) is 6.20 Å². The lowest BCUT2D eigenvalue weighted by Crippen LogP contribution is -2.22. The molecule has 0 atom stereocenters. The van der Waals surface area contributed by atoms with E-state index in [1.165, 1.54) is 0 Å². The van der Waals surface area contributed by atoms with E-state index in [4.69, 9.17) is 5.73 Å². The molecule has 1 aromatic rings.